The summed E-state index contributed by atoms with van der Waals surface area (Å²) in [7, 11) is -4.45. The number of ether oxygens (including phenoxy) is 1. The van der Waals surface area contributed by atoms with E-state index in [9.17, 15) is 18.0 Å². The SMILES string of the molecule is C=C1N(OS(=O)(=O)OCC(C)(C)C(=O)OCCCC)C2CC[C@@H](C(N)=O)N1C2. The first-order valence-corrected chi connectivity index (χ1v) is 10.6. The molecule has 10 nitrogen and oxygen atoms in total. The normalized spacial score (nSPS) is 22.5. The minimum absolute atomic E-state index is 0.233. The topological polar surface area (TPSA) is 128 Å². The molecule has 0 aromatic heterocycles. The highest BCUT2D eigenvalue weighted by Gasteiger charge is 2.45. The van der Waals surface area contributed by atoms with Crippen LogP contribution in [0, 0.1) is 5.41 Å². The molecule has 28 heavy (non-hydrogen) atoms. The van der Waals surface area contributed by atoms with Gasteiger partial charge in [-0.3, -0.25) is 9.59 Å². The van der Waals surface area contributed by atoms with E-state index in [1.54, 1.807) is 4.90 Å². The van der Waals surface area contributed by atoms with Gasteiger partial charge in [-0.2, -0.15) is 8.42 Å². The summed E-state index contributed by atoms with van der Waals surface area (Å²) in [6.07, 6.45) is 2.61. The van der Waals surface area contributed by atoms with Crippen molar-refractivity contribution in [2.24, 2.45) is 11.1 Å². The van der Waals surface area contributed by atoms with Crippen LogP contribution in [0.3, 0.4) is 0 Å². The number of hydroxylamine groups is 2. The van der Waals surface area contributed by atoms with E-state index >= 15 is 0 Å². The maximum atomic E-state index is 12.3. The Labute approximate surface area is 165 Å². The predicted molar refractivity (Wildman–Crippen MR) is 99.3 cm³/mol. The third-order valence-electron chi connectivity index (χ3n) is 4.82. The molecular formula is C17H29N3O7S. The van der Waals surface area contributed by atoms with E-state index in [4.69, 9.17) is 18.9 Å². The number of esters is 1. The van der Waals surface area contributed by atoms with Gasteiger partial charge in [-0.15, -0.1) is 4.28 Å². The van der Waals surface area contributed by atoms with Gasteiger partial charge >= 0.3 is 16.4 Å². The lowest BCUT2D eigenvalue weighted by atomic mass is 9.95. The molecule has 2 bridgehead atoms. The van der Waals surface area contributed by atoms with Gasteiger partial charge in [0, 0.05) is 6.54 Å². The second-order valence-corrected chi connectivity index (χ2v) is 8.86. The quantitative estimate of drug-likeness (QED) is 0.401. The first-order valence-electron chi connectivity index (χ1n) is 9.29. The van der Waals surface area contributed by atoms with Crippen LogP contribution < -0.4 is 5.73 Å². The average molecular weight is 420 g/mol. The third kappa shape index (κ3) is 5.15. The molecule has 0 radical (unpaired) electrons. The van der Waals surface area contributed by atoms with Crippen molar-refractivity contribution in [3.8, 4) is 0 Å². The van der Waals surface area contributed by atoms with E-state index in [0.717, 1.165) is 17.9 Å². The minimum Gasteiger partial charge on any atom is -0.465 e. The van der Waals surface area contributed by atoms with Gasteiger partial charge in [-0.05, 0) is 33.1 Å². The number of hydrogen-bond donors (Lipinski definition) is 1. The van der Waals surface area contributed by atoms with Crippen molar-refractivity contribution in [1.29, 1.82) is 0 Å². The number of carbonyl (C=O) groups excluding carboxylic acids is 2. The Hall–Kier alpha value is -1.85. The lowest BCUT2D eigenvalue weighted by molar-refractivity contribution is -0.156. The van der Waals surface area contributed by atoms with E-state index in [0.29, 0.717) is 19.4 Å². The van der Waals surface area contributed by atoms with Crippen molar-refractivity contribution >= 4 is 22.3 Å². The molecule has 0 aromatic rings. The maximum absolute atomic E-state index is 12.3. The molecule has 2 aliphatic rings. The summed E-state index contributed by atoms with van der Waals surface area (Å²) in [5, 5.41) is 1.13. The Balaban J connectivity index is 1.94. The number of nitrogens with two attached hydrogens (primary N) is 1. The van der Waals surface area contributed by atoms with Crippen LogP contribution in [0.15, 0.2) is 12.4 Å². The molecule has 0 saturated carbocycles. The van der Waals surface area contributed by atoms with Crippen LogP contribution in [-0.2, 0) is 33.2 Å². The van der Waals surface area contributed by atoms with Crippen LogP contribution in [0.1, 0.15) is 46.5 Å². The average Bonchev–Trinajstić information content (AvgIpc) is 2.84. The van der Waals surface area contributed by atoms with Gasteiger partial charge in [-0.25, -0.2) is 9.25 Å². The van der Waals surface area contributed by atoms with Crippen molar-refractivity contribution in [3.05, 3.63) is 12.4 Å². The summed E-state index contributed by atoms with van der Waals surface area (Å²) in [4.78, 5) is 25.3. The summed E-state index contributed by atoms with van der Waals surface area (Å²) in [6.45, 7) is 9.05. The summed E-state index contributed by atoms with van der Waals surface area (Å²) in [6, 6.07) is -0.828. The molecule has 0 aromatic carbocycles. The lowest BCUT2D eigenvalue weighted by Crippen LogP contribution is -2.46. The number of primary amides is 1. The van der Waals surface area contributed by atoms with Crippen molar-refractivity contribution in [1.82, 2.24) is 9.96 Å². The molecule has 2 aliphatic heterocycles. The first-order chi connectivity index (χ1) is 13.0. The third-order valence-corrected chi connectivity index (χ3v) is 5.57. The number of rotatable bonds is 10. The molecule has 0 spiro atoms. The van der Waals surface area contributed by atoms with Crippen LogP contribution in [0.5, 0.6) is 0 Å². The van der Waals surface area contributed by atoms with Crippen LogP contribution in [0.2, 0.25) is 0 Å². The maximum Gasteiger partial charge on any atom is 0.421 e. The van der Waals surface area contributed by atoms with Gasteiger partial charge < -0.3 is 15.4 Å². The molecule has 2 rings (SSSR count). The fourth-order valence-corrected chi connectivity index (χ4v) is 3.95. The highest BCUT2D eigenvalue weighted by atomic mass is 32.3. The Morgan fingerprint density at radius 2 is 2.00 bits per heavy atom. The molecular weight excluding hydrogens is 390 g/mol. The summed E-state index contributed by atoms with van der Waals surface area (Å²) in [5.74, 6) is -0.811. The van der Waals surface area contributed by atoms with Crippen molar-refractivity contribution in [3.63, 3.8) is 0 Å². The summed E-state index contributed by atoms with van der Waals surface area (Å²) < 4.78 is 39.7. The number of piperidine rings is 1. The van der Waals surface area contributed by atoms with E-state index in [1.165, 1.54) is 13.8 Å². The van der Waals surface area contributed by atoms with Gasteiger partial charge in [0.15, 0.2) is 0 Å². The van der Waals surface area contributed by atoms with E-state index < -0.39 is 40.3 Å². The number of hydrogen-bond acceptors (Lipinski definition) is 9. The lowest BCUT2D eigenvalue weighted by Gasteiger charge is -2.29. The molecule has 2 atom stereocenters. The molecule has 11 heteroatoms. The molecule has 160 valence electrons. The zero-order valence-corrected chi connectivity index (χ0v) is 17.4. The molecule has 2 N–H and O–H groups in total. The van der Waals surface area contributed by atoms with Crippen LogP contribution in [-0.4, -0.2) is 62.1 Å². The predicted octanol–water partition coefficient (Wildman–Crippen LogP) is 0.654. The summed E-state index contributed by atoms with van der Waals surface area (Å²) >= 11 is 0. The van der Waals surface area contributed by atoms with Crippen molar-refractivity contribution in [2.45, 2.75) is 58.5 Å². The smallest absolute Gasteiger partial charge is 0.421 e. The number of amides is 1. The zero-order chi connectivity index (χ0) is 21.1. The number of nitrogens with zero attached hydrogens (tertiary/aromatic N) is 2. The Bertz CT molecular complexity index is 722. The molecule has 1 amide bonds. The van der Waals surface area contributed by atoms with Crippen molar-refractivity contribution < 1.29 is 31.2 Å². The Morgan fingerprint density at radius 1 is 1.32 bits per heavy atom. The molecule has 2 heterocycles. The first kappa shape index (κ1) is 22.4. The monoisotopic (exact) mass is 419 g/mol. The fraction of sp³-hybridized carbons (Fsp3) is 0.765. The number of unbranched alkanes of at least 4 members (excludes halogenated alkanes) is 1. The fourth-order valence-electron chi connectivity index (χ4n) is 3.07. The Morgan fingerprint density at radius 3 is 2.61 bits per heavy atom. The standard InChI is InChI=1S/C17H29N3O7S/c1-5-6-9-25-16(22)17(3,4)11-26-28(23,24)27-20-12(2)19-10-13(20)7-8-14(19)15(18)21/h13-14H,2,5-11H2,1,3-4H3,(H2,18,21)/t13?,14-/m0/s1. The highest BCUT2D eigenvalue weighted by Crippen LogP contribution is 2.35. The zero-order valence-electron chi connectivity index (χ0n) is 16.5. The molecule has 1 unspecified atom stereocenters. The molecule has 0 aliphatic carbocycles. The van der Waals surface area contributed by atoms with Gasteiger partial charge in [0.2, 0.25) is 5.91 Å². The summed E-state index contributed by atoms with van der Waals surface area (Å²) in [5.41, 5.74) is 4.22. The van der Waals surface area contributed by atoms with Gasteiger partial charge in [0.1, 0.15) is 11.9 Å². The van der Waals surface area contributed by atoms with Crippen LogP contribution >= 0.6 is 0 Å². The van der Waals surface area contributed by atoms with E-state index in [-0.39, 0.29) is 18.5 Å². The van der Waals surface area contributed by atoms with Gasteiger partial charge in [-0.1, -0.05) is 19.9 Å². The second-order valence-electron chi connectivity index (χ2n) is 7.66. The minimum atomic E-state index is -4.45. The van der Waals surface area contributed by atoms with Crippen molar-refractivity contribution in [2.75, 3.05) is 19.8 Å². The molecule has 2 saturated heterocycles. The Kier molecular flexibility index (Phi) is 6.94. The molecule has 2 fully saturated rings. The van der Waals surface area contributed by atoms with Crippen LogP contribution in [0.4, 0.5) is 0 Å². The highest BCUT2D eigenvalue weighted by molar-refractivity contribution is 7.81. The number of carbonyl (C=O) groups is 2. The van der Waals surface area contributed by atoms with Crippen LogP contribution in [0.25, 0.3) is 0 Å². The largest absolute Gasteiger partial charge is 0.465 e. The second kappa shape index (κ2) is 8.66. The van der Waals surface area contributed by atoms with E-state index in [2.05, 4.69) is 6.58 Å². The van der Waals surface area contributed by atoms with Gasteiger partial charge in [0.25, 0.3) is 0 Å². The van der Waals surface area contributed by atoms with E-state index in [1.807, 2.05) is 6.92 Å². The van der Waals surface area contributed by atoms with Gasteiger partial charge in [0.05, 0.1) is 24.7 Å². The number of fused-ring (bicyclic) bond motifs is 2.